The Bertz CT molecular complexity index is 380. The molecule has 1 amide bonds. The Morgan fingerprint density at radius 1 is 1.23 bits per heavy atom. The van der Waals surface area contributed by atoms with Gasteiger partial charge in [0.1, 0.15) is 0 Å². The molecule has 3 rings (SSSR count). The Balaban J connectivity index is 0.00000121. The lowest BCUT2D eigenvalue weighted by Gasteiger charge is -2.31. The maximum absolute atomic E-state index is 12.8. The molecule has 2 aliphatic carbocycles. The molecule has 2 N–H and O–H groups in total. The van der Waals surface area contributed by atoms with Crippen LogP contribution in [0.25, 0.3) is 0 Å². The third-order valence-corrected chi connectivity index (χ3v) is 5.97. The summed E-state index contributed by atoms with van der Waals surface area (Å²) >= 11 is 0. The Morgan fingerprint density at radius 2 is 1.91 bits per heavy atom. The van der Waals surface area contributed by atoms with E-state index in [-0.39, 0.29) is 36.8 Å². The predicted octanol–water partition coefficient (Wildman–Crippen LogP) is 2.00. The Labute approximate surface area is 147 Å². The van der Waals surface area contributed by atoms with Crippen molar-refractivity contribution in [1.29, 1.82) is 0 Å². The molecule has 0 spiro atoms. The first kappa shape index (κ1) is 20.0. The highest BCUT2D eigenvalue weighted by molar-refractivity contribution is 5.85. The van der Waals surface area contributed by atoms with E-state index >= 15 is 0 Å². The lowest BCUT2D eigenvalue weighted by atomic mass is 9.84. The molecule has 0 aromatic heterocycles. The first-order chi connectivity index (χ1) is 9.60. The SMILES string of the molecule is CCN(C)CC1CCN(C(=O)C2C3CCC(C3)C2N)C1.Cl.Cl. The van der Waals surface area contributed by atoms with Crippen molar-refractivity contribution in [3.63, 3.8) is 0 Å². The second kappa shape index (κ2) is 8.18. The maximum Gasteiger partial charge on any atom is 0.227 e. The molecule has 1 saturated heterocycles. The molecule has 4 nitrogen and oxygen atoms in total. The Hall–Kier alpha value is -0.0300. The standard InChI is InChI=1S/C16H29N3O.2ClH/c1-3-18(2)9-11-6-7-19(10-11)16(20)14-12-4-5-13(8-12)15(14)17;;/h11-15H,3-10,17H2,1-2H3;2*1H. The van der Waals surface area contributed by atoms with Crippen LogP contribution in [0.2, 0.25) is 0 Å². The number of nitrogens with two attached hydrogens (primary N) is 1. The molecular weight excluding hydrogens is 321 g/mol. The fraction of sp³-hybridized carbons (Fsp3) is 0.938. The van der Waals surface area contributed by atoms with E-state index in [1.54, 1.807) is 0 Å². The van der Waals surface area contributed by atoms with Crippen LogP contribution in [0.15, 0.2) is 0 Å². The Kier molecular flexibility index (Phi) is 7.44. The van der Waals surface area contributed by atoms with E-state index in [4.69, 9.17) is 5.73 Å². The van der Waals surface area contributed by atoms with Crippen LogP contribution in [-0.2, 0) is 4.79 Å². The highest BCUT2D eigenvalue weighted by atomic mass is 35.5. The number of nitrogens with zero attached hydrogens (tertiary/aromatic N) is 2. The lowest BCUT2D eigenvalue weighted by molar-refractivity contribution is -0.136. The molecule has 2 bridgehead atoms. The van der Waals surface area contributed by atoms with Crippen LogP contribution in [0.3, 0.4) is 0 Å². The molecule has 1 heterocycles. The molecule has 5 unspecified atom stereocenters. The van der Waals surface area contributed by atoms with Crippen molar-refractivity contribution >= 4 is 30.7 Å². The number of fused-ring (bicyclic) bond motifs is 2. The second-order valence-corrected chi connectivity index (χ2v) is 7.23. The summed E-state index contributed by atoms with van der Waals surface area (Å²) in [6.45, 7) is 6.28. The minimum Gasteiger partial charge on any atom is -0.342 e. The van der Waals surface area contributed by atoms with Crippen molar-refractivity contribution in [3.05, 3.63) is 0 Å². The van der Waals surface area contributed by atoms with Gasteiger partial charge < -0.3 is 15.5 Å². The summed E-state index contributed by atoms with van der Waals surface area (Å²) < 4.78 is 0. The minimum absolute atomic E-state index is 0. The van der Waals surface area contributed by atoms with Crippen molar-refractivity contribution < 1.29 is 4.79 Å². The molecule has 3 aliphatic rings. The lowest BCUT2D eigenvalue weighted by Crippen LogP contribution is -2.46. The summed E-state index contributed by atoms with van der Waals surface area (Å²) in [5.74, 6) is 2.36. The van der Waals surface area contributed by atoms with E-state index in [0.717, 1.165) is 32.6 Å². The number of rotatable bonds is 4. The molecule has 3 fully saturated rings. The quantitative estimate of drug-likeness (QED) is 0.842. The molecule has 0 aromatic carbocycles. The van der Waals surface area contributed by atoms with Gasteiger partial charge in [0, 0.05) is 25.7 Å². The van der Waals surface area contributed by atoms with Gasteiger partial charge in [-0.05, 0) is 57.0 Å². The number of carbonyl (C=O) groups excluding carboxylic acids is 1. The zero-order valence-corrected chi connectivity index (χ0v) is 15.4. The van der Waals surface area contributed by atoms with Crippen LogP contribution < -0.4 is 5.73 Å². The fourth-order valence-electron chi connectivity index (χ4n) is 4.66. The highest BCUT2D eigenvalue weighted by Gasteiger charge is 2.50. The Morgan fingerprint density at radius 3 is 2.50 bits per heavy atom. The van der Waals surface area contributed by atoms with Gasteiger partial charge in [-0.3, -0.25) is 4.79 Å². The number of amides is 1. The molecule has 0 aromatic rings. The first-order valence-corrected chi connectivity index (χ1v) is 8.33. The number of halogens is 2. The normalized spacial score (nSPS) is 36.4. The fourth-order valence-corrected chi connectivity index (χ4v) is 4.66. The van der Waals surface area contributed by atoms with Gasteiger partial charge in [0.2, 0.25) is 5.91 Å². The highest BCUT2D eigenvalue weighted by Crippen LogP contribution is 2.48. The molecule has 5 atom stereocenters. The van der Waals surface area contributed by atoms with Gasteiger partial charge in [0.15, 0.2) is 0 Å². The van der Waals surface area contributed by atoms with Gasteiger partial charge >= 0.3 is 0 Å². The van der Waals surface area contributed by atoms with Crippen LogP contribution in [0.4, 0.5) is 0 Å². The molecule has 1 aliphatic heterocycles. The van der Waals surface area contributed by atoms with Crippen molar-refractivity contribution in [1.82, 2.24) is 9.80 Å². The van der Waals surface area contributed by atoms with Gasteiger partial charge in [-0.15, -0.1) is 24.8 Å². The number of carbonyl (C=O) groups is 1. The number of hydrogen-bond donors (Lipinski definition) is 1. The largest absolute Gasteiger partial charge is 0.342 e. The van der Waals surface area contributed by atoms with Crippen LogP contribution in [0, 0.1) is 23.7 Å². The van der Waals surface area contributed by atoms with E-state index < -0.39 is 0 Å². The van der Waals surface area contributed by atoms with E-state index in [1.165, 1.54) is 19.3 Å². The summed E-state index contributed by atoms with van der Waals surface area (Å²) in [6, 6.07) is 0.138. The zero-order chi connectivity index (χ0) is 14.3. The smallest absolute Gasteiger partial charge is 0.227 e. The van der Waals surface area contributed by atoms with E-state index in [0.29, 0.717) is 23.7 Å². The molecule has 130 valence electrons. The third kappa shape index (κ3) is 3.72. The average molecular weight is 352 g/mol. The van der Waals surface area contributed by atoms with Crippen LogP contribution in [0.5, 0.6) is 0 Å². The summed E-state index contributed by atoms with van der Waals surface area (Å²) in [5.41, 5.74) is 6.31. The molecular formula is C16H31Cl2N3O. The van der Waals surface area contributed by atoms with E-state index in [1.807, 2.05) is 0 Å². The van der Waals surface area contributed by atoms with Crippen molar-refractivity contribution in [2.24, 2.45) is 29.4 Å². The molecule has 22 heavy (non-hydrogen) atoms. The van der Waals surface area contributed by atoms with Gasteiger partial charge in [0.25, 0.3) is 0 Å². The van der Waals surface area contributed by atoms with Crippen molar-refractivity contribution in [2.75, 3.05) is 33.2 Å². The third-order valence-electron chi connectivity index (χ3n) is 5.97. The van der Waals surface area contributed by atoms with Crippen molar-refractivity contribution in [3.8, 4) is 0 Å². The second-order valence-electron chi connectivity index (χ2n) is 7.23. The van der Waals surface area contributed by atoms with E-state index in [2.05, 4.69) is 23.8 Å². The van der Waals surface area contributed by atoms with Gasteiger partial charge in [-0.25, -0.2) is 0 Å². The van der Waals surface area contributed by atoms with Gasteiger partial charge in [-0.2, -0.15) is 0 Å². The average Bonchev–Trinajstić information content (AvgIpc) is 3.13. The minimum atomic E-state index is 0. The number of hydrogen-bond acceptors (Lipinski definition) is 3. The van der Waals surface area contributed by atoms with Crippen molar-refractivity contribution in [2.45, 2.75) is 38.6 Å². The van der Waals surface area contributed by atoms with Crippen LogP contribution in [-0.4, -0.2) is 55.0 Å². The van der Waals surface area contributed by atoms with Crippen LogP contribution in [0.1, 0.15) is 32.6 Å². The zero-order valence-electron chi connectivity index (χ0n) is 13.7. The molecule has 2 saturated carbocycles. The van der Waals surface area contributed by atoms with Gasteiger partial charge in [0.05, 0.1) is 5.92 Å². The number of likely N-dealkylation sites (tertiary alicyclic amines) is 1. The predicted molar refractivity (Wildman–Crippen MR) is 94.7 cm³/mol. The summed E-state index contributed by atoms with van der Waals surface area (Å²) in [4.78, 5) is 17.2. The van der Waals surface area contributed by atoms with E-state index in [9.17, 15) is 4.79 Å². The first-order valence-electron chi connectivity index (χ1n) is 8.33. The summed E-state index contributed by atoms with van der Waals surface area (Å²) in [7, 11) is 2.16. The molecule has 0 radical (unpaired) electrons. The topological polar surface area (TPSA) is 49.6 Å². The molecule has 6 heteroatoms. The van der Waals surface area contributed by atoms with Crippen LogP contribution >= 0.6 is 24.8 Å². The maximum atomic E-state index is 12.8. The van der Waals surface area contributed by atoms with Gasteiger partial charge in [-0.1, -0.05) is 6.92 Å². The summed E-state index contributed by atoms with van der Waals surface area (Å²) in [5, 5.41) is 0. The summed E-state index contributed by atoms with van der Waals surface area (Å²) in [6.07, 6.45) is 4.84. The monoisotopic (exact) mass is 351 g/mol.